The third-order valence-corrected chi connectivity index (χ3v) is 1.74. The quantitative estimate of drug-likeness (QED) is 0.551. The average Bonchev–Trinajstić information content (AvgIpc) is 1.89. The molecule has 0 aliphatic carbocycles. The summed E-state index contributed by atoms with van der Waals surface area (Å²) in [5, 5.41) is 0. The van der Waals surface area contributed by atoms with Gasteiger partial charge in [0.25, 0.3) is 0 Å². The van der Waals surface area contributed by atoms with Crippen molar-refractivity contribution in [1.29, 1.82) is 0 Å². The Balaban J connectivity index is -0.000000320. The van der Waals surface area contributed by atoms with E-state index >= 15 is 0 Å². The van der Waals surface area contributed by atoms with Crippen LogP contribution in [0.1, 0.15) is 26.7 Å². The number of halogens is 2. The molecule has 0 amide bonds. The van der Waals surface area contributed by atoms with Gasteiger partial charge in [-0.05, 0) is 0 Å². The zero-order valence-corrected chi connectivity index (χ0v) is 11.9. The summed E-state index contributed by atoms with van der Waals surface area (Å²) in [5.74, 6) is 0. The van der Waals surface area contributed by atoms with Crippen LogP contribution in [0.3, 0.4) is 0 Å². The molecule has 0 saturated carbocycles. The van der Waals surface area contributed by atoms with Gasteiger partial charge in [-0.3, -0.25) is 0 Å². The summed E-state index contributed by atoms with van der Waals surface area (Å²) in [6.07, 6.45) is 2.19. The van der Waals surface area contributed by atoms with Crippen LogP contribution in [0.5, 0.6) is 0 Å². The first kappa shape index (κ1) is 18.4. The van der Waals surface area contributed by atoms with Gasteiger partial charge in [0.2, 0.25) is 0 Å². The molecule has 0 rings (SSSR count). The van der Waals surface area contributed by atoms with Crippen LogP contribution in [-0.4, -0.2) is 13.2 Å². The third kappa shape index (κ3) is 18.5. The molecule has 11 heavy (non-hydrogen) atoms. The molecule has 0 aromatic carbocycles. The van der Waals surface area contributed by atoms with Crippen molar-refractivity contribution in [3.63, 3.8) is 0 Å². The molecule has 0 bridgehead atoms. The molecule has 5 heteroatoms. The Morgan fingerprint density at radius 2 is 1.27 bits per heavy atom. The number of hydrogen-bond acceptors (Lipinski definition) is 2. The first-order valence-electron chi connectivity index (χ1n) is 3.40. The molecular formula is C6H16Br2O2Ti. The average molecular weight is 328 g/mol. The van der Waals surface area contributed by atoms with Gasteiger partial charge < -0.3 is 0 Å². The molecule has 0 N–H and O–H groups in total. The monoisotopic (exact) mass is 326 g/mol. The van der Waals surface area contributed by atoms with Crippen LogP contribution >= 0.6 is 34.0 Å². The first-order valence-corrected chi connectivity index (χ1v) is 4.67. The minimum atomic E-state index is -0.504. The molecule has 70 valence electrons. The van der Waals surface area contributed by atoms with E-state index in [1.807, 2.05) is 0 Å². The van der Waals surface area contributed by atoms with E-state index in [2.05, 4.69) is 13.8 Å². The second-order valence-corrected chi connectivity index (χ2v) is 2.94. The molecule has 0 unspecified atom stereocenters. The Bertz CT molecular complexity index is 51.8. The van der Waals surface area contributed by atoms with Crippen molar-refractivity contribution in [1.82, 2.24) is 0 Å². The fourth-order valence-electron chi connectivity index (χ4n) is 0.329. The van der Waals surface area contributed by atoms with E-state index < -0.39 is 19.9 Å². The van der Waals surface area contributed by atoms with E-state index in [-0.39, 0.29) is 34.0 Å². The van der Waals surface area contributed by atoms with Crippen LogP contribution in [0.15, 0.2) is 0 Å². The Morgan fingerprint density at radius 1 is 0.909 bits per heavy atom. The van der Waals surface area contributed by atoms with Crippen LogP contribution in [-0.2, 0) is 26.6 Å². The zero-order valence-electron chi connectivity index (χ0n) is 6.96. The Kier molecular flexibility index (Phi) is 29.5. The van der Waals surface area contributed by atoms with Gasteiger partial charge >= 0.3 is 66.5 Å². The van der Waals surface area contributed by atoms with Crippen LogP contribution < -0.4 is 0 Å². The summed E-state index contributed by atoms with van der Waals surface area (Å²) in [6, 6.07) is 0. The Hall–Kier alpha value is 1.59. The van der Waals surface area contributed by atoms with Gasteiger partial charge in [-0.25, -0.2) is 0 Å². The summed E-state index contributed by atoms with van der Waals surface area (Å²) in [5.41, 5.74) is 0. The van der Waals surface area contributed by atoms with Crippen LogP contribution in [0.25, 0.3) is 0 Å². The molecule has 0 spiro atoms. The third-order valence-electron chi connectivity index (χ3n) is 0.730. The van der Waals surface area contributed by atoms with Crippen LogP contribution in [0.4, 0.5) is 0 Å². The predicted octanol–water partition coefficient (Wildman–Crippen LogP) is 2.91. The van der Waals surface area contributed by atoms with Gasteiger partial charge in [0, 0.05) is 0 Å². The van der Waals surface area contributed by atoms with Gasteiger partial charge in [-0.1, -0.05) is 0 Å². The van der Waals surface area contributed by atoms with Crippen molar-refractivity contribution in [2.75, 3.05) is 13.2 Å². The van der Waals surface area contributed by atoms with Crippen molar-refractivity contribution in [2.45, 2.75) is 26.7 Å². The Morgan fingerprint density at radius 3 is 1.55 bits per heavy atom. The Labute approximate surface area is 99.8 Å². The van der Waals surface area contributed by atoms with E-state index in [0.29, 0.717) is 0 Å². The van der Waals surface area contributed by atoms with Crippen molar-refractivity contribution in [3.05, 3.63) is 0 Å². The molecule has 0 aliphatic rings. The number of rotatable bonds is 6. The number of hydrogen-bond donors (Lipinski definition) is 0. The topological polar surface area (TPSA) is 18.5 Å². The van der Waals surface area contributed by atoms with Crippen molar-refractivity contribution < 1.29 is 26.6 Å². The fraction of sp³-hybridized carbons (Fsp3) is 1.00. The fourth-order valence-corrected chi connectivity index (χ4v) is 1.36. The van der Waals surface area contributed by atoms with E-state index in [4.69, 9.17) is 6.64 Å². The van der Waals surface area contributed by atoms with Gasteiger partial charge in [-0.2, -0.15) is 0 Å². The molecule has 0 saturated heterocycles. The van der Waals surface area contributed by atoms with Crippen molar-refractivity contribution in [3.8, 4) is 0 Å². The predicted molar refractivity (Wildman–Crippen MR) is 53.1 cm³/mol. The summed E-state index contributed by atoms with van der Waals surface area (Å²) in [4.78, 5) is 0. The van der Waals surface area contributed by atoms with Crippen LogP contribution in [0, 0.1) is 0 Å². The zero-order chi connectivity index (χ0) is 6.95. The molecule has 0 heterocycles. The van der Waals surface area contributed by atoms with E-state index in [1.54, 1.807) is 0 Å². The molecule has 0 aromatic heterocycles. The molecule has 0 aliphatic heterocycles. The minimum absolute atomic E-state index is 0. The molecule has 0 fully saturated rings. The normalized spacial score (nSPS) is 7.82. The van der Waals surface area contributed by atoms with Crippen molar-refractivity contribution in [2.24, 2.45) is 0 Å². The van der Waals surface area contributed by atoms with E-state index in [0.717, 1.165) is 26.1 Å². The summed E-state index contributed by atoms with van der Waals surface area (Å²) < 4.78 is 10.4. The SMILES string of the molecule is Br.Br.CCC[O][Ti][O]CCC. The van der Waals surface area contributed by atoms with E-state index in [1.165, 1.54) is 0 Å². The van der Waals surface area contributed by atoms with E-state index in [9.17, 15) is 0 Å². The summed E-state index contributed by atoms with van der Waals surface area (Å²) >= 11 is -0.504. The standard InChI is InChI=1S/2C3H7O.2BrH.Ti/c2*1-2-3-4;;;/h2*2-3H2,1H3;2*1H;/q2*-1;;;+2. The molecular weight excluding hydrogens is 312 g/mol. The van der Waals surface area contributed by atoms with Crippen LogP contribution in [0.2, 0.25) is 0 Å². The molecule has 2 nitrogen and oxygen atoms in total. The molecule has 0 radical (unpaired) electrons. The summed E-state index contributed by atoms with van der Waals surface area (Å²) in [7, 11) is 0. The maximum atomic E-state index is 5.19. The van der Waals surface area contributed by atoms with Gasteiger partial charge in [-0.15, -0.1) is 34.0 Å². The van der Waals surface area contributed by atoms with Gasteiger partial charge in [0.05, 0.1) is 0 Å². The first-order chi connectivity index (χ1) is 4.41. The molecule has 0 aromatic rings. The maximum absolute atomic E-state index is 5.19. The van der Waals surface area contributed by atoms with Gasteiger partial charge in [0.15, 0.2) is 0 Å². The van der Waals surface area contributed by atoms with Crippen molar-refractivity contribution >= 4 is 34.0 Å². The summed E-state index contributed by atoms with van der Waals surface area (Å²) in [6.45, 7) is 5.94. The van der Waals surface area contributed by atoms with Gasteiger partial charge in [0.1, 0.15) is 0 Å². The second-order valence-electron chi connectivity index (χ2n) is 1.78. The molecule has 0 atom stereocenters. The second kappa shape index (κ2) is 17.6.